The molecule has 2 amide bonds. The molecule has 5 heteroatoms. The van der Waals surface area contributed by atoms with Gasteiger partial charge < -0.3 is 9.64 Å². The Kier molecular flexibility index (Phi) is 6.82. The van der Waals surface area contributed by atoms with Crippen LogP contribution in [0.4, 0.5) is 11.4 Å². The number of anilines is 2. The molecule has 0 aromatic heterocycles. The number of aryl methyl sites for hydroxylation is 2. The average molecular weight is 455 g/mol. The number of carbonyl (C=O) groups excluding carboxylic acids is 2. The topological polar surface area (TPSA) is 49.9 Å². The van der Waals surface area contributed by atoms with Crippen molar-refractivity contribution in [3.63, 3.8) is 0 Å². The summed E-state index contributed by atoms with van der Waals surface area (Å²) in [5.74, 6) is 0.473. The maximum Gasteiger partial charge on any atom is 0.254 e. The van der Waals surface area contributed by atoms with E-state index in [1.54, 1.807) is 9.80 Å². The first-order valence-electron chi connectivity index (χ1n) is 11.6. The summed E-state index contributed by atoms with van der Waals surface area (Å²) < 4.78 is 5.56. The third-order valence-corrected chi connectivity index (χ3v) is 6.17. The Bertz CT molecular complexity index is 1220. The summed E-state index contributed by atoms with van der Waals surface area (Å²) in [6.45, 7) is 8.44. The number of carbonyl (C=O) groups is 2. The zero-order valence-electron chi connectivity index (χ0n) is 20.1. The molecule has 4 rings (SSSR count). The summed E-state index contributed by atoms with van der Waals surface area (Å²) in [6.07, 6.45) is 1.97. The van der Waals surface area contributed by atoms with Crippen molar-refractivity contribution in [2.75, 3.05) is 23.0 Å². The van der Waals surface area contributed by atoms with E-state index in [9.17, 15) is 9.59 Å². The molecule has 174 valence electrons. The lowest BCUT2D eigenvalue weighted by molar-refractivity contribution is -0.127. The van der Waals surface area contributed by atoms with Gasteiger partial charge in [-0.1, -0.05) is 42.5 Å². The van der Waals surface area contributed by atoms with Gasteiger partial charge in [0, 0.05) is 11.4 Å². The van der Waals surface area contributed by atoms with Gasteiger partial charge in [-0.2, -0.15) is 0 Å². The summed E-state index contributed by atoms with van der Waals surface area (Å²) in [6, 6.07) is 22.3. The zero-order valence-corrected chi connectivity index (χ0v) is 20.1. The van der Waals surface area contributed by atoms with Gasteiger partial charge in [0.2, 0.25) is 5.91 Å². The molecular weight excluding hydrogens is 424 g/mol. The van der Waals surface area contributed by atoms with Crippen molar-refractivity contribution in [2.24, 2.45) is 0 Å². The fourth-order valence-corrected chi connectivity index (χ4v) is 4.26. The first kappa shape index (κ1) is 23.3. The van der Waals surface area contributed by atoms with Crippen LogP contribution in [-0.2, 0) is 9.59 Å². The molecule has 1 aliphatic rings. The van der Waals surface area contributed by atoms with Crippen LogP contribution in [-0.4, -0.2) is 31.0 Å². The van der Waals surface area contributed by atoms with E-state index in [0.717, 1.165) is 33.7 Å². The molecule has 0 saturated carbocycles. The van der Waals surface area contributed by atoms with Crippen LogP contribution in [0.25, 0.3) is 6.08 Å². The number of nitrogens with zero attached hydrogens (tertiary/aromatic N) is 2. The van der Waals surface area contributed by atoms with Crippen molar-refractivity contribution >= 4 is 29.3 Å². The van der Waals surface area contributed by atoms with Crippen LogP contribution in [0.2, 0.25) is 0 Å². The Morgan fingerprint density at radius 1 is 0.941 bits per heavy atom. The molecule has 1 atom stereocenters. The van der Waals surface area contributed by atoms with Crippen LogP contribution in [0, 0.1) is 13.8 Å². The van der Waals surface area contributed by atoms with Crippen LogP contribution >= 0.6 is 0 Å². The Balaban J connectivity index is 1.77. The second-order valence-corrected chi connectivity index (χ2v) is 8.59. The highest BCUT2D eigenvalue weighted by molar-refractivity contribution is 6.16. The average Bonchev–Trinajstić information content (AvgIpc) is 2.83. The number of piperazine rings is 1. The van der Waals surface area contributed by atoms with Crippen LogP contribution in [0.3, 0.4) is 0 Å². The molecule has 0 bridgehead atoms. The van der Waals surface area contributed by atoms with E-state index < -0.39 is 6.04 Å². The highest BCUT2D eigenvalue weighted by Crippen LogP contribution is 2.31. The molecule has 0 spiro atoms. The number of rotatable bonds is 6. The lowest BCUT2D eigenvalue weighted by atomic mass is 9.98. The predicted molar refractivity (Wildman–Crippen MR) is 137 cm³/mol. The second kappa shape index (κ2) is 9.96. The standard InChI is InChI=1S/C29H30N2O3/c1-5-34-26-15-13-24(14-16-26)31-27(32)19-30(25-12-11-20(2)21(3)18-25)29(33)28(31)22(4)17-23-9-7-6-8-10-23/h6-18,28H,5,19H2,1-4H3. The monoisotopic (exact) mass is 454 g/mol. The third-order valence-electron chi connectivity index (χ3n) is 6.17. The first-order valence-corrected chi connectivity index (χ1v) is 11.6. The van der Waals surface area contributed by atoms with Crippen LogP contribution in [0.1, 0.15) is 30.5 Å². The Morgan fingerprint density at radius 2 is 1.62 bits per heavy atom. The van der Waals surface area contributed by atoms with Crippen molar-refractivity contribution in [1.82, 2.24) is 0 Å². The lowest BCUT2D eigenvalue weighted by Crippen LogP contribution is -2.61. The van der Waals surface area contributed by atoms with Gasteiger partial charge in [0.05, 0.1) is 6.61 Å². The van der Waals surface area contributed by atoms with Crippen LogP contribution < -0.4 is 14.5 Å². The quantitative estimate of drug-likeness (QED) is 0.490. The maximum atomic E-state index is 13.9. The SMILES string of the molecule is CCOc1ccc(N2C(=O)CN(c3ccc(C)c(C)c3)C(=O)C2C(C)=Cc2ccccc2)cc1. The minimum Gasteiger partial charge on any atom is -0.494 e. The highest BCUT2D eigenvalue weighted by Gasteiger charge is 2.41. The number of amides is 2. The number of ether oxygens (including phenoxy) is 1. The summed E-state index contributed by atoms with van der Waals surface area (Å²) >= 11 is 0. The van der Waals surface area contributed by atoms with Gasteiger partial charge >= 0.3 is 0 Å². The summed E-state index contributed by atoms with van der Waals surface area (Å²) in [5, 5.41) is 0. The third kappa shape index (κ3) is 4.74. The zero-order chi connectivity index (χ0) is 24.2. The second-order valence-electron chi connectivity index (χ2n) is 8.59. The molecule has 1 aliphatic heterocycles. The Labute approximate surface area is 201 Å². The van der Waals surface area contributed by atoms with Crippen LogP contribution in [0.5, 0.6) is 5.75 Å². The fourth-order valence-electron chi connectivity index (χ4n) is 4.26. The highest BCUT2D eigenvalue weighted by atomic mass is 16.5. The summed E-state index contributed by atoms with van der Waals surface area (Å²) in [4.78, 5) is 30.7. The van der Waals surface area contributed by atoms with Crippen LogP contribution in [0.15, 0.2) is 78.4 Å². The number of hydrogen-bond acceptors (Lipinski definition) is 3. The van der Waals surface area contributed by atoms with E-state index in [1.807, 2.05) is 107 Å². The van der Waals surface area contributed by atoms with Crippen molar-refractivity contribution < 1.29 is 14.3 Å². The minimum atomic E-state index is -0.749. The van der Waals surface area contributed by atoms with E-state index in [-0.39, 0.29) is 18.4 Å². The molecule has 5 nitrogen and oxygen atoms in total. The molecule has 0 radical (unpaired) electrons. The van der Waals surface area contributed by atoms with Gasteiger partial charge in [0.1, 0.15) is 18.3 Å². The normalized spacial score (nSPS) is 16.7. The molecule has 1 fully saturated rings. The smallest absolute Gasteiger partial charge is 0.254 e. The molecular formula is C29H30N2O3. The molecule has 1 heterocycles. The number of benzene rings is 3. The van der Waals surface area contributed by atoms with Gasteiger partial charge in [0.15, 0.2) is 0 Å². The van der Waals surface area contributed by atoms with Crippen molar-refractivity contribution in [3.05, 3.63) is 95.1 Å². The predicted octanol–water partition coefficient (Wildman–Crippen LogP) is 5.55. The summed E-state index contributed by atoms with van der Waals surface area (Å²) in [7, 11) is 0. The summed E-state index contributed by atoms with van der Waals surface area (Å²) in [5.41, 5.74) is 5.42. The van der Waals surface area contributed by atoms with Gasteiger partial charge in [-0.15, -0.1) is 0 Å². The molecule has 1 saturated heterocycles. The van der Waals surface area contributed by atoms with E-state index in [0.29, 0.717) is 12.3 Å². The van der Waals surface area contributed by atoms with Gasteiger partial charge in [-0.25, -0.2) is 0 Å². The molecule has 0 N–H and O–H groups in total. The van der Waals surface area contributed by atoms with Gasteiger partial charge in [0.25, 0.3) is 5.91 Å². The molecule has 1 unspecified atom stereocenters. The molecule has 34 heavy (non-hydrogen) atoms. The fraction of sp³-hybridized carbons (Fsp3) is 0.241. The molecule has 0 aliphatic carbocycles. The van der Waals surface area contributed by atoms with Gasteiger partial charge in [-0.05, 0) is 86.4 Å². The lowest BCUT2D eigenvalue weighted by Gasteiger charge is -2.41. The minimum absolute atomic E-state index is 0.0103. The largest absolute Gasteiger partial charge is 0.494 e. The number of hydrogen-bond donors (Lipinski definition) is 0. The van der Waals surface area contributed by atoms with E-state index >= 15 is 0 Å². The maximum absolute atomic E-state index is 13.9. The first-order chi connectivity index (χ1) is 16.4. The van der Waals surface area contributed by atoms with Crippen molar-refractivity contribution in [3.8, 4) is 5.75 Å². The Morgan fingerprint density at radius 3 is 2.26 bits per heavy atom. The van der Waals surface area contributed by atoms with E-state index in [2.05, 4.69) is 0 Å². The Hall–Kier alpha value is -3.86. The van der Waals surface area contributed by atoms with E-state index in [1.165, 1.54) is 0 Å². The van der Waals surface area contributed by atoms with Crippen molar-refractivity contribution in [1.29, 1.82) is 0 Å². The molecule has 3 aromatic carbocycles. The van der Waals surface area contributed by atoms with Crippen molar-refractivity contribution in [2.45, 2.75) is 33.7 Å². The van der Waals surface area contributed by atoms with Gasteiger partial charge in [-0.3, -0.25) is 14.5 Å². The molecule has 3 aromatic rings. The van der Waals surface area contributed by atoms with E-state index in [4.69, 9.17) is 4.74 Å².